The number of carbonyl (C=O) groups is 2. The van der Waals surface area contributed by atoms with Gasteiger partial charge in [0.1, 0.15) is 6.54 Å². The minimum atomic E-state index is -1.01. The molecule has 1 aliphatic heterocycles. The number of carboxylic acids is 1. The molecule has 0 aromatic carbocycles. The van der Waals surface area contributed by atoms with Gasteiger partial charge in [-0.3, -0.25) is 9.59 Å². The highest BCUT2D eigenvalue weighted by atomic mass is 16.4. The number of amides is 1. The van der Waals surface area contributed by atoms with Gasteiger partial charge in [0.05, 0.1) is 6.20 Å². The molecule has 1 aliphatic rings. The predicted octanol–water partition coefficient (Wildman–Crippen LogP) is 1.01. The van der Waals surface area contributed by atoms with Crippen molar-refractivity contribution in [3.63, 3.8) is 0 Å². The Hall–Kier alpha value is -1.92. The van der Waals surface area contributed by atoms with Gasteiger partial charge in [0.2, 0.25) is 0 Å². The Bertz CT molecular complexity index is 507. The molecule has 1 aromatic rings. The van der Waals surface area contributed by atoms with Crippen LogP contribution in [0.25, 0.3) is 0 Å². The molecule has 1 saturated heterocycles. The molecular weight excluding hydrogens is 260 g/mol. The lowest BCUT2D eigenvalue weighted by Crippen LogP contribution is -2.32. The molecule has 110 valence electrons. The smallest absolute Gasteiger partial charge is 0.325 e. The van der Waals surface area contributed by atoms with Crippen molar-refractivity contribution >= 4 is 11.9 Å². The molecule has 0 bridgehead atoms. The number of rotatable bonds is 5. The number of carboxylic acid groups (broad SMARTS) is 1. The molecule has 0 radical (unpaired) electrons. The Morgan fingerprint density at radius 3 is 2.65 bits per heavy atom. The van der Waals surface area contributed by atoms with Crippen molar-refractivity contribution in [1.29, 1.82) is 0 Å². The summed E-state index contributed by atoms with van der Waals surface area (Å²) in [5.74, 6) is -1.17. The highest BCUT2D eigenvalue weighted by Gasteiger charge is 2.37. The Morgan fingerprint density at radius 2 is 2.10 bits per heavy atom. The van der Waals surface area contributed by atoms with Gasteiger partial charge >= 0.3 is 5.97 Å². The van der Waals surface area contributed by atoms with Crippen LogP contribution in [-0.4, -0.2) is 50.0 Å². The molecule has 7 heteroatoms. The Labute approximate surface area is 117 Å². The summed E-state index contributed by atoms with van der Waals surface area (Å²) >= 11 is 0. The molecule has 7 nitrogen and oxygen atoms in total. The first-order chi connectivity index (χ1) is 9.49. The van der Waals surface area contributed by atoms with Gasteiger partial charge < -0.3 is 10.0 Å². The molecule has 0 aliphatic carbocycles. The van der Waals surface area contributed by atoms with Crippen LogP contribution in [0.2, 0.25) is 0 Å². The van der Waals surface area contributed by atoms with Crippen LogP contribution in [0.4, 0.5) is 0 Å². The number of hydrogen-bond acceptors (Lipinski definition) is 4. The van der Waals surface area contributed by atoms with E-state index in [0.717, 1.165) is 32.4 Å². The number of likely N-dealkylation sites (tertiary alicyclic amines) is 1. The highest BCUT2D eigenvalue weighted by molar-refractivity contribution is 5.92. The zero-order chi connectivity index (χ0) is 14.8. The third kappa shape index (κ3) is 2.81. The summed E-state index contributed by atoms with van der Waals surface area (Å²) in [5, 5.41) is 16.1. The summed E-state index contributed by atoms with van der Waals surface area (Å²) in [6.45, 7) is 5.49. The van der Waals surface area contributed by atoms with Crippen LogP contribution >= 0.6 is 0 Å². The second-order valence-corrected chi connectivity index (χ2v) is 5.38. The zero-order valence-electron chi connectivity index (χ0n) is 11.9. The lowest BCUT2D eigenvalue weighted by Gasteiger charge is -2.25. The number of carbonyl (C=O) groups excluding carboxylic acids is 1. The van der Waals surface area contributed by atoms with E-state index in [4.69, 9.17) is 5.11 Å². The summed E-state index contributed by atoms with van der Waals surface area (Å²) in [4.78, 5) is 24.7. The van der Waals surface area contributed by atoms with E-state index >= 15 is 0 Å². The molecule has 1 amide bonds. The van der Waals surface area contributed by atoms with Crippen molar-refractivity contribution in [3.05, 3.63) is 11.9 Å². The van der Waals surface area contributed by atoms with Crippen LogP contribution in [0, 0.1) is 5.41 Å². The van der Waals surface area contributed by atoms with E-state index in [9.17, 15) is 9.59 Å². The second kappa shape index (κ2) is 5.60. The first-order valence-corrected chi connectivity index (χ1v) is 6.91. The lowest BCUT2D eigenvalue weighted by atomic mass is 9.82. The van der Waals surface area contributed by atoms with E-state index in [1.165, 1.54) is 10.9 Å². The first kappa shape index (κ1) is 14.5. The predicted molar refractivity (Wildman–Crippen MR) is 71.2 cm³/mol. The van der Waals surface area contributed by atoms with Gasteiger partial charge in [-0.25, -0.2) is 4.68 Å². The normalized spacial score (nSPS) is 17.4. The molecule has 2 rings (SSSR count). The standard InChI is InChI=1S/C13H20N4O3/c1-3-13(4-2)5-6-16(9-13)12(20)10-7-17(15-14-10)8-11(18)19/h7H,3-6,8-9H2,1-2H3,(H,18,19). The van der Waals surface area contributed by atoms with Crippen LogP contribution in [0.5, 0.6) is 0 Å². The van der Waals surface area contributed by atoms with Gasteiger partial charge in [-0.05, 0) is 24.7 Å². The van der Waals surface area contributed by atoms with Crippen LogP contribution in [0.1, 0.15) is 43.6 Å². The summed E-state index contributed by atoms with van der Waals surface area (Å²) in [6, 6.07) is 0. The Kier molecular flexibility index (Phi) is 4.06. The van der Waals surface area contributed by atoms with Crippen molar-refractivity contribution < 1.29 is 14.7 Å². The van der Waals surface area contributed by atoms with E-state index in [0.29, 0.717) is 0 Å². The minimum Gasteiger partial charge on any atom is -0.480 e. The minimum absolute atomic E-state index is 0.162. The van der Waals surface area contributed by atoms with Crippen molar-refractivity contribution in [3.8, 4) is 0 Å². The van der Waals surface area contributed by atoms with Gasteiger partial charge in [-0.2, -0.15) is 0 Å². The van der Waals surface area contributed by atoms with E-state index in [2.05, 4.69) is 24.2 Å². The fourth-order valence-corrected chi connectivity index (χ4v) is 2.71. The molecule has 0 spiro atoms. The fraction of sp³-hybridized carbons (Fsp3) is 0.692. The maximum absolute atomic E-state index is 12.3. The quantitative estimate of drug-likeness (QED) is 0.869. The third-order valence-electron chi connectivity index (χ3n) is 4.28. The molecule has 1 aromatic heterocycles. The Morgan fingerprint density at radius 1 is 1.40 bits per heavy atom. The SMILES string of the molecule is CCC1(CC)CCN(C(=O)c2cn(CC(=O)O)nn2)C1. The van der Waals surface area contributed by atoms with Gasteiger partial charge in [0.15, 0.2) is 5.69 Å². The molecule has 0 unspecified atom stereocenters. The van der Waals surface area contributed by atoms with E-state index < -0.39 is 5.97 Å². The molecule has 2 heterocycles. The number of nitrogens with zero attached hydrogens (tertiary/aromatic N) is 4. The van der Waals surface area contributed by atoms with Crippen LogP contribution < -0.4 is 0 Å². The maximum Gasteiger partial charge on any atom is 0.325 e. The third-order valence-corrected chi connectivity index (χ3v) is 4.28. The number of aliphatic carboxylic acids is 1. The summed E-state index contributed by atoms with van der Waals surface area (Å²) < 4.78 is 1.17. The fourth-order valence-electron chi connectivity index (χ4n) is 2.71. The van der Waals surface area contributed by atoms with Crippen molar-refractivity contribution in [2.24, 2.45) is 5.41 Å². The zero-order valence-corrected chi connectivity index (χ0v) is 11.9. The van der Waals surface area contributed by atoms with Gasteiger partial charge in [0, 0.05) is 13.1 Å². The summed E-state index contributed by atoms with van der Waals surface area (Å²) in [5.41, 5.74) is 0.432. The molecule has 20 heavy (non-hydrogen) atoms. The largest absolute Gasteiger partial charge is 0.480 e. The van der Waals surface area contributed by atoms with Crippen molar-refractivity contribution in [1.82, 2.24) is 19.9 Å². The molecule has 0 saturated carbocycles. The van der Waals surface area contributed by atoms with Crippen LogP contribution in [-0.2, 0) is 11.3 Å². The van der Waals surface area contributed by atoms with E-state index in [1.807, 2.05) is 0 Å². The Balaban J connectivity index is 2.05. The average Bonchev–Trinajstić information content (AvgIpc) is 3.04. The number of hydrogen-bond donors (Lipinski definition) is 1. The van der Waals surface area contributed by atoms with Gasteiger partial charge in [0.25, 0.3) is 5.91 Å². The van der Waals surface area contributed by atoms with Crippen molar-refractivity contribution in [2.45, 2.75) is 39.7 Å². The topological polar surface area (TPSA) is 88.3 Å². The van der Waals surface area contributed by atoms with Gasteiger partial charge in [-0.1, -0.05) is 19.1 Å². The van der Waals surface area contributed by atoms with Gasteiger partial charge in [-0.15, -0.1) is 5.10 Å². The van der Waals surface area contributed by atoms with Crippen LogP contribution in [0.3, 0.4) is 0 Å². The monoisotopic (exact) mass is 280 g/mol. The molecular formula is C13H20N4O3. The number of aromatic nitrogens is 3. The first-order valence-electron chi connectivity index (χ1n) is 6.91. The summed E-state index contributed by atoms with van der Waals surface area (Å²) in [7, 11) is 0. The van der Waals surface area contributed by atoms with Crippen molar-refractivity contribution in [2.75, 3.05) is 13.1 Å². The molecule has 1 N–H and O–H groups in total. The molecule has 0 atom stereocenters. The van der Waals surface area contributed by atoms with Crippen LogP contribution in [0.15, 0.2) is 6.20 Å². The average molecular weight is 280 g/mol. The lowest BCUT2D eigenvalue weighted by molar-refractivity contribution is -0.137. The summed E-state index contributed by atoms with van der Waals surface area (Å²) in [6.07, 6.45) is 4.52. The van der Waals surface area contributed by atoms with E-state index in [1.54, 1.807) is 4.90 Å². The molecule has 1 fully saturated rings. The second-order valence-electron chi connectivity index (χ2n) is 5.38. The maximum atomic E-state index is 12.3. The van der Waals surface area contributed by atoms with E-state index in [-0.39, 0.29) is 23.6 Å². The highest BCUT2D eigenvalue weighted by Crippen LogP contribution is 2.37.